The van der Waals surface area contributed by atoms with Gasteiger partial charge in [0.15, 0.2) is 0 Å². The fraction of sp³-hybridized carbons (Fsp3) is 0. The maximum Gasteiger partial charge on any atom is 1.00 e. The molecule has 0 saturated carbocycles. The minimum Gasteiger partial charge on any atom is -0.368 e. The number of nitrogens with zero attached hydrogens (tertiary/aromatic N) is 1. The van der Waals surface area contributed by atoms with E-state index in [4.69, 9.17) is 0 Å². The molecular weight excluding hydrogens is 105 g/mol. The largest absolute Gasteiger partial charge is 1.00 e. The van der Waals surface area contributed by atoms with Crippen LogP contribution in [-0.4, -0.2) is 4.98 Å². The van der Waals surface area contributed by atoms with Gasteiger partial charge in [-0.05, 0) is 0 Å². The Morgan fingerprint density at radius 1 is 1.67 bits per heavy atom. The molecule has 0 aliphatic rings. The molecule has 1 nitrogen and oxygen atoms in total. The topological polar surface area (TPSA) is 12.9 Å². The Morgan fingerprint density at radius 2 is 2.50 bits per heavy atom. The molecule has 1 aromatic rings. The van der Waals surface area contributed by atoms with E-state index < -0.39 is 0 Å². The first-order valence-electron chi connectivity index (χ1n) is 1.24. The number of rotatable bonds is 0. The summed E-state index contributed by atoms with van der Waals surface area (Å²) < 4.78 is 0. The predicted molar refractivity (Wildman–Crippen MR) is 20.9 cm³/mol. The second-order valence-electron chi connectivity index (χ2n) is 0.619. The molecule has 3 heteroatoms. The van der Waals surface area contributed by atoms with Crippen LogP contribution in [0.2, 0.25) is 0 Å². The van der Waals surface area contributed by atoms with Crippen molar-refractivity contribution in [2.75, 3.05) is 0 Å². The van der Waals surface area contributed by atoms with Crippen molar-refractivity contribution in [3.8, 4) is 0 Å². The summed E-state index contributed by atoms with van der Waals surface area (Å²) in [6.45, 7) is 0. The van der Waals surface area contributed by atoms with Gasteiger partial charge in [-0.1, -0.05) is 11.7 Å². The molecule has 0 radical (unpaired) electrons. The zero-order valence-corrected chi connectivity index (χ0v) is 6.33. The summed E-state index contributed by atoms with van der Waals surface area (Å²) in [5, 5.41) is 2.79. The minimum absolute atomic E-state index is 0. The molecule has 0 aliphatic carbocycles. The SMILES string of the molecule is [Na+].[c-]1cncs1. The molecular formula is C3H2NNaS. The van der Waals surface area contributed by atoms with Gasteiger partial charge in [0.2, 0.25) is 0 Å². The number of thiazole rings is 1. The maximum atomic E-state index is 3.69. The van der Waals surface area contributed by atoms with Crippen LogP contribution in [-0.2, 0) is 0 Å². The Labute approximate surface area is 62.7 Å². The molecule has 0 N–H and O–H groups in total. The number of aromatic nitrogens is 1. The van der Waals surface area contributed by atoms with E-state index in [2.05, 4.69) is 10.4 Å². The van der Waals surface area contributed by atoms with Crippen molar-refractivity contribution < 1.29 is 29.6 Å². The molecule has 1 rings (SSSR count). The molecule has 6 heavy (non-hydrogen) atoms. The number of hydrogen-bond acceptors (Lipinski definition) is 2. The van der Waals surface area contributed by atoms with Gasteiger partial charge in [0.25, 0.3) is 0 Å². The third kappa shape index (κ3) is 1.92. The van der Waals surface area contributed by atoms with E-state index in [1.807, 2.05) is 0 Å². The molecule has 0 fully saturated rings. The predicted octanol–water partition coefficient (Wildman–Crippen LogP) is -2.05. The van der Waals surface area contributed by atoms with E-state index in [-0.39, 0.29) is 29.6 Å². The van der Waals surface area contributed by atoms with Crippen LogP contribution in [0.3, 0.4) is 0 Å². The molecule has 0 saturated heterocycles. The Morgan fingerprint density at radius 3 is 2.67 bits per heavy atom. The minimum atomic E-state index is 0. The van der Waals surface area contributed by atoms with Crippen LogP contribution in [0.25, 0.3) is 0 Å². The van der Waals surface area contributed by atoms with Crippen molar-refractivity contribution in [1.82, 2.24) is 4.98 Å². The van der Waals surface area contributed by atoms with Gasteiger partial charge < -0.3 is 16.3 Å². The van der Waals surface area contributed by atoms with Crippen LogP contribution in [0, 0.1) is 5.38 Å². The summed E-state index contributed by atoms with van der Waals surface area (Å²) >= 11 is 1.48. The van der Waals surface area contributed by atoms with Crippen molar-refractivity contribution in [2.24, 2.45) is 0 Å². The summed E-state index contributed by atoms with van der Waals surface area (Å²) in [5.41, 5.74) is 1.74. The summed E-state index contributed by atoms with van der Waals surface area (Å²) in [5.74, 6) is 0. The smallest absolute Gasteiger partial charge is 0.368 e. The Balaban J connectivity index is 0.000000250. The second kappa shape index (κ2) is 3.81. The summed E-state index contributed by atoms with van der Waals surface area (Å²) in [6.07, 6.45) is 1.64. The second-order valence-corrected chi connectivity index (χ2v) is 1.30. The van der Waals surface area contributed by atoms with Crippen molar-refractivity contribution in [3.63, 3.8) is 0 Å². The first-order valence-corrected chi connectivity index (χ1v) is 2.12. The van der Waals surface area contributed by atoms with Crippen LogP contribution < -0.4 is 29.6 Å². The van der Waals surface area contributed by atoms with E-state index in [9.17, 15) is 0 Å². The summed E-state index contributed by atoms with van der Waals surface area (Å²) in [4.78, 5) is 3.69. The molecule has 0 bridgehead atoms. The Kier molecular flexibility index (Phi) is 4.21. The van der Waals surface area contributed by atoms with Gasteiger partial charge in [0, 0.05) is 0 Å². The maximum absolute atomic E-state index is 3.69. The van der Waals surface area contributed by atoms with E-state index in [1.54, 1.807) is 11.7 Å². The molecule has 0 aromatic carbocycles. The molecule has 0 unspecified atom stereocenters. The van der Waals surface area contributed by atoms with Gasteiger partial charge in [-0.25, -0.2) is 0 Å². The van der Waals surface area contributed by atoms with Gasteiger partial charge in [0.1, 0.15) is 0 Å². The van der Waals surface area contributed by atoms with Crippen molar-refractivity contribution >= 4 is 11.3 Å². The first kappa shape index (κ1) is 6.63. The van der Waals surface area contributed by atoms with E-state index in [1.165, 1.54) is 11.3 Å². The third-order valence-corrected chi connectivity index (χ3v) is 0.777. The van der Waals surface area contributed by atoms with Crippen LogP contribution in [0.1, 0.15) is 0 Å². The molecule has 0 aliphatic heterocycles. The van der Waals surface area contributed by atoms with Gasteiger partial charge in [0.05, 0.1) is 0 Å². The standard InChI is InChI=1S/C3H2NS.Na/c1-2-5-3-4-1;/h1,3H;/q-1;+1. The van der Waals surface area contributed by atoms with Gasteiger partial charge in [-0.2, -0.15) is 5.38 Å². The van der Waals surface area contributed by atoms with E-state index >= 15 is 0 Å². The van der Waals surface area contributed by atoms with E-state index in [0.717, 1.165) is 0 Å². The summed E-state index contributed by atoms with van der Waals surface area (Å²) in [6, 6.07) is 0. The zero-order chi connectivity index (χ0) is 3.54. The van der Waals surface area contributed by atoms with Gasteiger partial charge in [-0.3, -0.25) is 0 Å². The van der Waals surface area contributed by atoms with Crippen molar-refractivity contribution in [3.05, 3.63) is 17.1 Å². The molecule has 26 valence electrons. The summed E-state index contributed by atoms with van der Waals surface area (Å²) in [7, 11) is 0. The molecule has 0 atom stereocenters. The van der Waals surface area contributed by atoms with Crippen LogP contribution >= 0.6 is 11.3 Å². The quantitative estimate of drug-likeness (QED) is 0.274. The average molecular weight is 107 g/mol. The van der Waals surface area contributed by atoms with Crippen LogP contribution in [0.4, 0.5) is 0 Å². The van der Waals surface area contributed by atoms with Crippen LogP contribution in [0.15, 0.2) is 11.7 Å². The molecule has 1 aromatic heterocycles. The first-order chi connectivity index (χ1) is 2.50. The molecule has 0 amide bonds. The fourth-order valence-corrected chi connectivity index (χ4v) is 0.456. The Hall–Kier alpha value is 0.630. The van der Waals surface area contributed by atoms with Gasteiger partial charge >= 0.3 is 29.6 Å². The van der Waals surface area contributed by atoms with Crippen molar-refractivity contribution in [2.45, 2.75) is 0 Å². The normalized spacial score (nSPS) is 6.67. The third-order valence-electron chi connectivity index (χ3n) is 0.309. The fourth-order valence-electron chi connectivity index (χ4n) is 0.152. The average Bonchev–Trinajstić information content (AvgIpc) is 1.76. The van der Waals surface area contributed by atoms with Crippen LogP contribution in [0.5, 0.6) is 0 Å². The number of hydrogen-bond donors (Lipinski definition) is 0. The van der Waals surface area contributed by atoms with E-state index in [0.29, 0.717) is 0 Å². The zero-order valence-electron chi connectivity index (χ0n) is 3.51. The Bertz CT molecular complexity index is 67.3. The monoisotopic (exact) mass is 107 g/mol. The molecule has 0 spiro atoms. The van der Waals surface area contributed by atoms with Gasteiger partial charge in [-0.15, -0.1) is 0 Å². The van der Waals surface area contributed by atoms with Crippen molar-refractivity contribution in [1.29, 1.82) is 0 Å². The molecule has 1 heterocycles.